The minimum Gasteiger partial charge on any atom is -0.382 e. The predicted molar refractivity (Wildman–Crippen MR) is 119 cm³/mol. The lowest BCUT2D eigenvalue weighted by Crippen LogP contribution is -2.40. The highest BCUT2D eigenvalue weighted by Crippen LogP contribution is 2.20. The number of piperidine rings is 1. The van der Waals surface area contributed by atoms with Crippen molar-refractivity contribution in [2.24, 2.45) is 16.8 Å². The lowest BCUT2D eigenvalue weighted by molar-refractivity contribution is 0.0536. The first-order valence-corrected chi connectivity index (χ1v) is 10.0. The topological polar surface area (TPSA) is 49.3 Å². The molecule has 1 N–H and O–H groups in total. The molecule has 2 aliphatic rings. The van der Waals surface area contributed by atoms with E-state index >= 15 is 0 Å². The zero-order valence-electron chi connectivity index (χ0n) is 16.9. The van der Waals surface area contributed by atoms with E-state index in [-0.39, 0.29) is 24.0 Å². The number of nitrogens with zero attached hydrogens (tertiary/aromatic N) is 3. The molecule has 0 aromatic carbocycles. The Balaban J connectivity index is 0.00000338. The molecular weight excluding hydrogens is 443 g/mol. The Morgan fingerprint density at radius 1 is 1.12 bits per heavy atom. The molecule has 0 aliphatic carbocycles. The number of aliphatic imine (C=N–C) groups is 1. The number of methoxy groups -OCH3 is 1. The summed E-state index contributed by atoms with van der Waals surface area (Å²) in [4.78, 5) is 9.75. The van der Waals surface area contributed by atoms with Gasteiger partial charge in [-0.1, -0.05) is 0 Å². The number of hydrogen-bond acceptors (Lipinski definition) is 4. The summed E-state index contributed by atoms with van der Waals surface area (Å²) in [7, 11) is 3.94. The quantitative estimate of drug-likeness (QED) is 0.237. The summed E-state index contributed by atoms with van der Waals surface area (Å²) in [6.07, 6.45) is 5.06. The zero-order valence-corrected chi connectivity index (χ0v) is 19.2. The van der Waals surface area contributed by atoms with Crippen molar-refractivity contribution in [3.63, 3.8) is 0 Å². The molecule has 2 fully saturated rings. The molecule has 6 nitrogen and oxygen atoms in total. The Labute approximate surface area is 177 Å². The van der Waals surface area contributed by atoms with E-state index in [1.54, 1.807) is 7.11 Å². The number of guanidine groups is 1. The Kier molecular flexibility index (Phi) is 12.8. The number of nitrogens with one attached hydrogen (secondary N) is 1. The molecule has 2 aliphatic heterocycles. The van der Waals surface area contributed by atoms with Gasteiger partial charge in [0.15, 0.2) is 5.96 Å². The van der Waals surface area contributed by atoms with E-state index < -0.39 is 0 Å². The van der Waals surface area contributed by atoms with E-state index in [9.17, 15) is 0 Å². The average molecular weight is 482 g/mol. The smallest absolute Gasteiger partial charge is 0.193 e. The van der Waals surface area contributed by atoms with Gasteiger partial charge in [-0.25, -0.2) is 0 Å². The summed E-state index contributed by atoms with van der Waals surface area (Å²) >= 11 is 0. The monoisotopic (exact) mass is 482 g/mol. The lowest BCUT2D eigenvalue weighted by Gasteiger charge is -2.28. The largest absolute Gasteiger partial charge is 0.382 e. The van der Waals surface area contributed by atoms with Crippen LogP contribution in [0.1, 0.15) is 32.6 Å². The number of halogens is 1. The Morgan fingerprint density at radius 2 is 1.85 bits per heavy atom. The first-order valence-electron chi connectivity index (χ1n) is 10.0. The number of ether oxygens (including phenoxy) is 2. The minimum absolute atomic E-state index is 0. The van der Waals surface area contributed by atoms with Crippen molar-refractivity contribution in [1.82, 2.24) is 15.1 Å². The molecule has 2 rings (SSSR count). The summed E-state index contributed by atoms with van der Waals surface area (Å²) in [5.41, 5.74) is 0. The third-order valence-electron chi connectivity index (χ3n) is 5.34. The first kappa shape index (κ1) is 23.9. The van der Waals surface area contributed by atoms with Crippen LogP contribution in [0.15, 0.2) is 4.99 Å². The van der Waals surface area contributed by atoms with Crippen LogP contribution in [-0.4, -0.2) is 89.0 Å². The van der Waals surface area contributed by atoms with Crippen LogP contribution in [0.25, 0.3) is 0 Å². The molecule has 2 heterocycles. The van der Waals surface area contributed by atoms with Gasteiger partial charge in [-0.3, -0.25) is 4.99 Å². The standard InChI is InChI=1S/C19H38N4O2.HI/c1-4-20-19(21-9-5-17-6-10-22(2)11-7-17)23-12-8-18(15-23)16-25-14-13-24-3;/h17-18H,4-16H2,1-3H3,(H,20,21);1H. The molecule has 0 aromatic heterocycles. The van der Waals surface area contributed by atoms with Gasteiger partial charge >= 0.3 is 0 Å². The van der Waals surface area contributed by atoms with Crippen LogP contribution in [0.2, 0.25) is 0 Å². The molecule has 1 unspecified atom stereocenters. The van der Waals surface area contributed by atoms with E-state index in [2.05, 4.69) is 29.1 Å². The van der Waals surface area contributed by atoms with Crippen molar-refractivity contribution in [1.29, 1.82) is 0 Å². The van der Waals surface area contributed by atoms with Crippen LogP contribution in [0, 0.1) is 11.8 Å². The van der Waals surface area contributed by atoms with Crippen LogP contribution in [-0.2, 0) is 9.47 Å². The van der Waals surface area contributed by atoms with Gasteiger partial charge in [0.05, 0.1) is 19.8 Å². The van der Waals surface area contributed by atoms with Gasteiger partial charge in [-0.2, -0.15) is 0 Å². The van der Waals surface area contributed by atoms with Crippen molar-refractivity contribution in [2.45, 2.75) is 32.6 Å². The van der Waals surface area contributed by atoms with Crippen LogP contribution in [0.3, 0.4) is 0 Å². The second kappa shape index (κ2) is 14.0. The molecule has 1 atom stereocenters. The summed E-state index contributed by atoms with van der Waals surface area (Å²) < 4.78 is 10.7. The van der Waals surface area contributed by atoms with Gasteiger partial charge < -0.3 is 24.6 Å². The predicted octanol–water partition coefficient (Wildman–Crippen LogP) is 2.29. The Bertz CT molecular complexity index is 390. The van der Waals surface area contributed by atoms with E-state index in [0.29, 0.717) is 19.1 Å². The molecule has 0 spiro atoms. The highest BCUT2D eigenvalue weighted by atomic mass is 127. The van der Waals surface area contributed by atoms with Crippen molar-refractivity contribution in [2.75, 3.05) is 73.2 Å². The lowest BCUT2D eigenvalue weighted by atomic mass is 9.94. The molecule has 26 heavy (non-hydrogen) atoms. The fourth-order valence-corrected chi connectivity index (χ4v) is 3.68. The fraction of sp³-hybridized carbons (Fsp3) is 0.947. The summed E-state index contributed by atoms with van der Waals surface area (Å²) in [6.45, 7) is 10.8. The highest BCUT2D eigenvalue weighted by molar-refractivity contribution is 14.0. The molecule has 0 radical (unpaired) electrons. The van der Waals surface area contributed by atoms with E-state index in [0.717, 1.165) is 44.7 Å². The van der Waals surface area contributed by atoms with Gasteiger partial charge in [0.2, 0.25) is 0 Å². The summed E-state index contributed by atoms with van der Waals surface area (Å²) in [6, 6.07) is 0. The van der Waals surface area contributed by atoms with Crippen LogP contribution in [0.4, 0.5) is 0 Å². The highest BCUT2D eigenvalue weighted by Gasteiger charge is 2.25. The van der Waals surface area contributed by atoms with Gasteiger partial charge in [0.25, 0.3) is 0 Å². The second-order valence-corrected chi connectivity index (χ2v) is 7.44. The van der Waals surface area contributed by atoms with Gasteiger partial charge in [0, 0.05) is 39.2 Å². The van der Waals surface area contributed by atoms with Crippen molar-refractivity contribution < 1.29 is 9.47 Å². The van der Waals surface area contributed by atoms with Crippen molar-refractivity contribution in [3.05, 3.63) is 0 Å². The van der Waals surface area contributed by atoms with Crippen molar-refractivity contribution >= 4 is 29.9 Å². The third-order valence-corrected chi connectivity index (χ3v) is 5.34. The van der Waals surface area contributed by atoms with Gasteiger partial charge in [0.1, 0.15) is 0 Å². The number of likely N-dealkylation sites (tertiary alicyclic amines) is 2. The van der Waals surface area contributed by atoms with Gasteiger partial charge in [-0.15, -0.1) is 24.0 Å². The second-order valence-electron chi connectivity index (χ2n) is 7.44. The molecule has 0 bridgehead atoms. The maximum atomic E-state index is 5.70. The van der Waals surface area contributed by atoms with Crippen LogP contribution >= 0.6 is 24.0 Å². The fourth-order valence-electron chi connectivity index (χ4n) is 3.68. The normalized spacial score (nSPS) is 22.5. The molecular formula is C19H39IN4O2. The van der Waals surface area contributed by atoms with Crippen LogP contribution in [0.5, 0.6) is 0 Å². The first-order chi connectivity index (χ1) is 12.2. The molecule has 0 aromatic rings. The molecule has 0 amide bonds. The average Bonchev–Trinajstić information content (AvgIpc) is 3.08. The molecule has 154 valence electrons. The number of hydrogen-bond donors (Lipinski definition) is 1. The SMILES string of the molecule is CCNC(=NCCC1CCN(C)CC1)N1CCC(COCCOC)C1.I. The zero-order chi connectivity index (χ0) is 17.9. The number of rotatable bonds is 9. The maximum Gasteiger partial charge on any atom is 0.193 e. The summed E-state index contributed by atoms with van der Waals surface area (Å²) in [5, 5.41) is 3.47. The van der Waals surface area contributed by atoms with E-state index in [4.69, 9.17) is 14.5 Å². The molecule has 2 saturated heterocycles. The third kappa shape index (κ3) is 8.71. The van der Waals surface area contributed by atoms with E-state index in [1.165, 1.54) is 38.8 Å². The minimum atomic E-state index is 0. The molecule has 0 saturated carbocycles. The van der Waals surface area contributed by atoms with E-state index in [1.807, 2.05) is 0 Å². The Morgan fingerprint density at radius 3 is 2.54 bits per heavy atom. The summed E-state index contributed by atoms with van der Waals surface area (Å²) in [5.74, 6) is 2.55. The maximum absolute atomic E-state index is 5.70. The van der Waals surface area contributed by atoms with Gasteiger partial charge in [-0.05, 0) is 58.7 Å². The Hall–Kier alpha value is -0.120. The van der Waals surface area contributed by atoms with Crippen molar-refractivity contribution in [3.8, 4) is 0 Å². The molecule has 7 heteroatoms. The van der Waals surface area contributed by atoms with Crippen LogP contribution < -0.4 is 5.32 Å².